The highest BCUT2D eigenvalue weighted by Crippen LogP contribution is 2.53. The Hall–Kier alpha value is -2.58. The van der Waals surface area contributed by atoms with E-state index in [1.807, 2.05) is 0 Å². The molecule has 1 heterocycles. The summed E-state index contributed by atoms with van der Waals surface area (Å²) in [5.41, 5.74) is -3.44. The lowest BCUT2D eigenvalue weighted by molar-refractivity contribution is -0.269. The topological polar surface area (TPSA) is 65.1 Å². The SMILES string of the molecule is CC1(C)CCC(O)(C(F)(F)F)C(Nc2cccc3[nH]c(=O)ccc23)c2ccc(F)c(Cl)c21. The first-order chi connectivity index (χ1) is 14.8. The van der Waals surface area contributed by atoms with Crippen LogP contribution in [0, 0.1) is 5.82 Å². The highest BCUT2D eigenvalue weighted by Gasteiger charge is 2.61. The van der Waals surface area contributed by atoms with Crippen LogP contribution in [-0.4, -0.2) is 21.9 Å². The average Bonchev–Trinajstić information content (AvgIpc) is 2.79. The molecule has 4 rings (SSSR count). The summed E-state index contributed by atoms with van der Waals surface area (Å²) in [6.07, 6.45) is -5.67. The first-order valence-corrected chi connectivity index (χ1v) is 10.4. The van der Waals surface area contributed by atoms with Crippen molar-refractivity contribution in [3.05, 3.63) is 74.8 Å². The molecule has 1 aliphatic carbocycles. The molecular weight excluding hydrogens is 448 g/mol. The second-order valence-corrected chi connectivity index (χ2v) is 9.18. The van der Waals surface area contributed by atoms with Crippen LogP contribution in [-0.2, 0) is 5.41 Å². The van der Waals surface area contributed by atoms with E-state index in [0.29, 0.717) is 10.9 Å². The molecule has 0 spiro atoms. The number of nitrogens with one attached hydrogen (secondary N) is 2. The number of anilines is 1. The normalized spacial score (nSPS) is 22.9. The van der Waals surface area contributed by atoms with Crippen LogP contribution in [0.25, 0.3) is 10.9 Å². The summed E-state index contributed by atoms with van der Waals surface area (Å²) in [7, 11) is 0. The summed E-state index contributed by atoms with van der Waals surface area (Å²) >= 11 is 6.25. The molecular formula is C23H21ClF4N2O2. The van der Waals surface area contributed by atoms with Crippen LogP contribution in [0.15, 0.2) is 47.3 Å². The minimum atomic E-state index is -4.98. The highest BCUT2D eigenvalue weighted by molar-refractivity contribution is 6.31. The molecule has 1 aliphatic rings. The van der Waals surface area contributed by atoms with E-state index in [2.05, 4.69) is 10.3 Å². The number of H-pyrrole nitrogens is 1. The van der Waals surface area contributed by atoms with E-state index in [9.17, 15) is 27.5 Å². The zero-order valence-corrected chi connectivity index (χ0v) is 18.0. The smallest absolute Gasteiger partial charge is 0.379 e. The number of rotatable bonds is 2. The minimum absolute atomic E-state index is 0.0692. The molecule has 0 saturated heterocycles. The molecule has 0 radical (unpaired) electrons. The maximum Gasteiger partial charge on any atom is 0.419 e. The monoisotopic (exact) mass is 468 g/mol. The van der Waals surface area contributed by atoms with E-state index in [1.165, 1.54) is 18.2 Å². The van der Waals surface area contributed by atoms with Gasteiger partial charge in [-0.3, -0.25) is 4.79 Å². The van der Waals surface area contributed by atoms with Gasteiger partial charge in [0.05, 0.1) is 16.6 Å². The Balaban J connectivity index is 1.98. The number of alkyl halides is 3. The molecule has 170 valence electrons. The highest BCUT2D eigenvalue weighted by atomic mass is 35.5. The number of fused-ring (bicyclic) bond motifs is 2. The Bertz CT molecular complexity index is 1250. The molecule has 9 heteroatoms. The van der Waals surface area contributed by atoms with Crippen molar-refractivity contribution >= 4 is 28.2 Å². The third-order valence-electron chi connectivity index (χ3n) is 6.28. The van der Waals surface area contributed by atoms with Gasteiger partial charge in [0.15, 0.2) is 5.60 Å². The van der Waals surface area contributed by atoms with Crippen LogP contribution < -0.4 is 10.9 Å². The molecule has 3 aromatic rings. The Morgan fingerprint density at radius 3 is 2.53 bits per heavy atom. The molecule has 3 N–H and O–H groups in total. The molecule has 2 unspecified atom stereocenters. The van der Waals surface area contributed by atoms with E-state index >= 15 is 0 Å². The zero-order chi connectivity index (χ0) is 23.5. The summed E-state index contributed by atoms with van der Waals surface area (Å²) in [5.74, 6) is -0.738. The van der Waals surface area contributed by atoms with Crippen molar-refractivity contribution in [1.82, 2.24) is 4.98 Å². The average molecular weight is 469 g/mol. The van der Waals surface area contributed by atoms with Gasteiger partial charge in [0.25, 0.3) is 0 Å². The fourth-order valence-corrected chi connectivity index (χ4v) is 4.92. The van der Waals surface area contributed by atoms with Gasteiger partial charge in [0.1, 0.15) is 5.82 Å². The van der Waals surface area contributed by atoms with Crippen LogP contribution in [0.1, 0.15) is 43.9 Å². The maximum atomic E-state index is 14.3. The lowest BCUT2D eigenvalue weighted by Crippen LogP contribution is -2.52. The largest absolute Gasteiger partial charge is 0.419 e. The van der Waals surface area contributed by atoms with Gasteiger partial charge in [-0.2, -0.15) is 13.2 Å². The van der Waals surface area contributed by atoms with Crippen LogP contribution in [0.4, 0.5) is 23.2 Å². The van der Waals surface area contributed by atoms with E-state index in [0.717, 1.165) is 6.07 Å². The number of hydrogen-bond acceptors (Lipinski definition) is 3. The molecule has 0 saturated carbocycles. The molecule has 0 amide bonds. The molecule has 32 heavy (non-hydrogen) atoms. The van der Waals surface area contributed by atoms with Crippen molar-refractivity contribution in [3.63, 3.8) is 0 Å². The Labute approximate surface area is 186 Å². The van der Waals surface area contributed by atoms with Gasteiger partial charge in [-0.1, -0.05) is 37.6 Å². The van der Waals surface area contributed by atoms with Crippen molar-refractivity contribution in [2.24, 2.45) is 0 Å². The minimum Gasteiger partial charge on any atom is -0.379 e. The number of hydrogen-bond donors (Lipinski definition) is 3. The first-order valence-electron chi connectivity index (χ1n) is 10.0. The van der Waals surface area contributed by atoms with Gasteiger partial charge in [-0.15, -0.1) is 0 Å². The fraction of sp³-hybridized carbons (Fsp3) is 0.348. The van der Waals surface area contributed by atoms with E-state index in [1.54, 1.807) is 32.0 Å². The molecule has 2 aromatic carbocycles. The van der Waals surface area contributed by atoms with Crippen molar-refractivity contribution in [2.45, 2.75) is 49.9 Å². The van der Waals surface area contributed by atoms with Crippen molar-refractivity contribution in [2.75, 3.05) is 5.32 Å². The third kappa shape index (κ3) is 3.55. The maximum absolute atomic E-state index is 14.3. The second-order valence-electron chi connectivity index (χ2n) is 8.80. The quantitative estimate of drug-likeness (QED) is 0.327. The summed E-state index contributed by atoms with van der Waals surface area (Å²) in [6, 6.07) is 8.08. The fourth-order valence-electron chi connectivity index (χ4n) is 4.49. The van der Waals surface area contributed by atoms with E-state index in [4.69, 9.17) is 11.6 Å². The van der Waals surface area contributed by atoms with Crippen molar-refractivity contribution in [3.8, 4) is 0 Å². The standard InChI is InChI=1S/C23H21ClF4N2O2/c1-21(2)10-11-22(32,23(26,27)28)20(13-6-8-14(25)19(24)18(13)21)30-16-5-3-4-15-12(16)7-9-17(31)29-15/h3-9,20,30,32H,10-11H2,1-2H3,(H,29,31). The van der Waals surface area contributed by atoms with Crippen LogP contribution in [0.3, 0.4) is 0 Å². The summed E-state index contributed by atoms with van der Waals surface area (Å²) < 4.78 is 57.3. The van der Waals surface area contributed by atoms with Gasteiger partial charge < -0.3 is 15.4 Å². The molecule has 0 bridgehead atoms. The predicted molar refractivity (Wildman–Crippen MR) is 116 cm³/mol. The number of aromatic amines is 1. The Kier molecular flexibility index (Phi) is 5.29. The molecule has 4 nitrogen and oxygen atoms in total. The number of benzene rings is 2. The first kappa shape index (κ1) is 22.6. The Morgan fingerprint density at radius 2 is 1.84 bits per heavy atom. The van der Waals surface area contributed by atoms with Crippen molar-refractivity contribution in [1.29, 1.82) is 0 Å². The Morgan fingerprint density at radius 1 is 1.12 bits per heavy atom. The van der Waals surface area contributed by atoms with Crippen molar-refractivity contribution < 1.29 is 22.7 Å². The van der Waals surface area contributed by atoms with Gasteiger partial charge >= 0.3 is 6.18 Å². The molecule has 0 aliphatic heterocycles. The van der Waals surface area contributed by atoms with Gasteiger partial charge in [-0.25, -0.2) is 4.39 Å². The van der Waals surface area contributed by atoms with Gasteiger partial charge in [0, 0.05) is 17.1 Å². The lowest BCUT2D eigenvalue weighted by Gasteiger charge is -2.38. The summed E-state index contributed by atoms with van der Waals surface area (Å²) in [5, 5.41) is 14.1. The second kappa shape index (κ2) is 7.49. The van der Waals surface area contributed by atoms with E-state index < -0.39 is 35.5 Å². The predicted octanol–water partition coefficient (Wildman–Crippen LogP) is 5.84. The number of pyridine rings is 1. The lowest BCUT2D eigenvalue weighted by atomic mass is 9.79. The molecule has 1 aromatic heterocycles. The molecule has 2 atom stereocenters. The van der Waals surface area contributed by atoms with Gasteiger partial charge in [-0.05, 0) is 53.6 Å². The molecule has 0 fully saturated rings. The number of aromatic nitrogens is 1. The summed E-state index contributed by atoms with van der Waals surface area (Å²) in [4.78, 5) is 14.3. The van der Waals surface area contributed by atoms with Crippen LogP contribution in [0.5, 0.6) is 0 Å². The van der Waals surface area contributed by atoms with Crippen LogP contribution in [0.2, 0.25) is 5.02 Å². The summed E-state index contributed by atoms with van der Waals surface area (Å²) in [6.45, 7) is 3.36. The number of halogens is 5. The van der Waals surface area contributed by atoms with E-state index in [-0.39, 0.29) is 33.8 Å². The zero-order valence-electron chi connectivity index (χ0n) is 17.3. The number of aliphatic hydroxyl groups is 1. The van der Waals surface area contributed by atoms with Crippen LogP contribution >= 0.6 is 11.6 Å². The third-order valence-corrected chi connectivity index (χ3v) is 6.65. The van der Waals surface area contributed by atoms with Gasteiger partial charge in [0.2, 0.25) is 5.56 Å².